The van der Waals surface area contributed by atoms with Gasteiger partial charge in [0, 0.05) is 17.0 Å². The molecule has 1 atom stereocenters. The first kappa shape index (κ1) is 10.7. The lowest BCUT2D eigenvalue weighted by Crippen LogP contribution is -2.10. The highest BCUT2D eigenvalue weighted by molar-refractivity contribution is 6.31. The monoisotopic (exact) mass is 247 g/mol. The third kappa shape index (κ3) is 2.24. The highest BCUT2D eigenvalue weighted by Crippen LogP contribution is 2.22. The first-order chi connectivity index (χ1) is 7.20. The maximum Gasteiger partial charge on any atom is 0.146 e. The summed E-state index contributed by atoms with van der Waals surface area (Å²) in [6.07, 6.45) is 0.348. The average Bonchev–Trinajstić information content (AvgIpc) is 2.70. The fourth-order valence-corrected chi connectivity index (χ4v) is 1.73. The van der Waals surface area contributed by atoms with Crippen molar-refractivity contribution < 1.29 is 9.23 Å². The van der Waals surface area contributed by atoms with E-state index in [0.717, 1.165) is 0 Å². The van der Waals surface area contributed by atoms with E-state index in [0.29, 0.717) is 28.6 Å². The molecule has 2 rings (SSSR count). The predicted molar refractivity (Wildman–Crippen MR) is 58.2 cm³/mol. The number of benzene rings is 1. The van der Waals surface area contributed by atoms with Gasteiger partial charge in [-0.2, -0.15) is 0 Å². The second-order valence-electron chi connectivity index (χ2n) is 3.25. The molecule has 0 spiro atoms. The molecule has 0 bridgehead atoms. The van der Waals surface area contributed by atoms with Gasteiger partial charge in [-0.3, -0.25) is 0 Å². The van der Waals surface area contributed by atoms with Gasteiger partial charge in [0.05, 0.1) is 11.6 Å². The lowest BCUT2D eigenvalue weighted by Gasteiger charge is -2.02. The third-order valence-electron chi connectivity index (χ3n) is 2.14. The van der Waals surface area contributed by atoms with Crippen LogP contribution in [0.5, 0.6) is 0 Å². The Hall–Kier alpha value is -0.800. The summed E-state index contributed by atoms with van der Waals surface area (Å²) in [6.45, 7) is 0. The minimum atomic E-state index is -0.350. The Morgan fingerprint density at radius 1 is 1.53 bits per heavy atom. The van der Waals surface area contributed by atoms with E-state index in [1.54, 1.807) is 0 Å². The van der Waals surface area contributed by atoms with E-state index in [1.807, 2.05) is 0 Å². The van der Waals surface area contributed by atoms with Gasteiger partial charge in [0.1, 0.15) is 11.9 Å². The third-order valence-corrected chi connectivity index (χ3v) is 2.72. The molecular formula is C10H8Cl2FNO. The van der Waals surface area contributed by atoms with Gasteiger partial charge in [-0.25, -0.2) is 4.39 Å². The van der Waals surface area contributed by atoms with E-state index in [2.05, 4.69) is 5.16 Å². The molecular weight excluding hydrogens is 240 g/mol. The van der Waals surface area contributed by atoms with E-state index >= 15 is 0 Å². The van der Waals surface area contributed by atoms with E-state index < -0.39 is 0 Å². The smallest absolute Gasteiger partial charge is 0.146 e. The molecule has 0 fully saturated rings. The van der Waals surface area contributed by atoms with Gasteiger partial charge < -0.3 is 4.84 Å². The van der Waals surface area contributed by atoms with Crippen LogP contribution in [0.2, 0.25) is 5.02 Å². The number of rotatable bonds is 2. The molecule has 1 aromatic carbocycles. The summed E-state index contributed by atoms with van der Waals surface area (Å²) in [6, 6.07) is 4.35. The van der Waals surface area contributed by atoms with Crippen LogP contribution in [0.1, 0.15) is 12.0 Å². The highest BCUT2D eigenvalue weighted by Gasteiger charge is 2.23. The van der Waals surface area contributed by atoms with Crippen molar-refractivity contribution in [1.82, 2.24) is 0 Å². The van der Waals surface area contributed by atoms with Crippen LogP contribution in [0.4, 0.5) is 4.39 Å². The maximum atomic E-state index is 13.4. The minimum Gasteiger partial charge on any atom is -0.391 e. The average molecular weight is 248 g/mol. The van der Waals surface area contributed by atoms with Crippen molar-refractivity contribution in [2.75, 3.05) is 5.88 Å². The normalized spacial score (nSPS) is 19.9. The summed E-state index contributed by atoms with van der Waals surface area (Å²) in [5.74, 6) is -0.00758. The van der Waals surface area contributed by atoms with Crippen LogP contribution in [0.25, 0.3) is 0 Å². The first-order valence-electron chi connectivity index (χ1n) is 4.45. The quantitative estimate of drug-likeness (QED) is 0.736. The summed E-state index contributed by atoms with van der Waals surface area (Å²) >= 11 is 11.4. The molecule has 0 N–H and O–H groups in total. The Morgan fingerprint density at radius 3 is 3.00 bits per heavy atom. The predicted octanol–water partition coefficient (Wildman–Crippen LogP) is 3.21. The maximum absolute atomic E-state index is 13.4. The van der Waals surface area contributed by atoms with Crippen LogP contribution in [-0.4, -0.2) is 17.7 Å². The SMILES string of the molecule is Fc1ccc(Cl)cc1C1=NOC(CCl)C1. The second-order valence-corrected chi connectivity index (χ2v) is 3.99. The molecule has 0 saturated carbocycles. The van der Waals surface area contributed by atoms with Crippen LogP contribution in [0, 0.1) is 5.82 Å². The number of oxime groups is 1. The van der Waals surface area contributed by atoms with Gasteiger partial charge in [0.15, 0.2) is 0 Å². The van der Waals surface area contributed by atoms with Crippen molar-refractivity contribution >= 4 is 28.9 Å². The van der Waals surface area contributed by atoms with Crippen molar-refractivity contribution in [1.29, 1.82) is 0 Å². The topological polar surface area (TPSA) is 21.6 Å². The summed E-state index contributed by atoms with van der Waals surface area (Å²) in [5, 5.41) is 4.27. The van der Waals surface area contributed by atoms with Gasteiger partial charge >= 0.3 is 0 Å². The number of hydrogen-bond acceptors (Lipinski definition) is 2. The fourth-order valence-electron chi connectivity index (χ4n) is 1.39. The number of hydrogen-bond donors (Lipinski definition) is 0. The molecule has 1 aliphatic rings. The molecule has 0 saturated heterocycles. The summed E-state index contributed by atoms with van der Waals surface area (Å²) in [7, 11) is 0. The Labute approximate surface area is 96.6 Å². The molecule has 0 radical (unpaired) electrons. The summed E-state index contributed by atoms with van der Waals surface area (Å²) < 4.78 is 13.4. The zero-order valence-electron chi connectivity index (χ0n) is 7.71. The lowest BCUT2D eigenvalue weighted by atomic mass is 10.1. The van der Waals surface area contributed by atoms with Crippen molar-refractivity contribution in [2.24, 2.45) is 5.16 Å². The zero-order valence-corrected chi connectivity index (χ0v) is 9.22. The lowest BCUT2D eigenvalue weighted by molar-refractivity contribution is 0.102. The summed E-state index contributed by atoms with van der Waals surface area (Å²) in [5.41, 5.74) is 0.941. The molecule has 0 amide bonds. The zero-order chi connectivity index (χ0) is 10.8. The Morgan fingerprint density at radius 2 is 2.33 bits per heavy atom. The van der Waals surface area contributed by atoms with Crippen molar-refractivity contribution in [3.05, 3.63) is 34.6 Å². The number of nitrogens with zero attached hydrogens (tertiary/aromatic N) is 1. The van der Waals surface area contributed by atoms with Crippen LogP contribution >= 0.6 is 23.2 Å². The van der Waals surface area contributed by atoms with Gasteiger partial charge in [-0.1, -0.05) is 16.8 Å². The fraction of sp³-hybridized carbons (Fsp3) is 0.300. The largest absolute Gasteiger partial charge is 0.391 e. The van der Waals surface area contributed by atoms with E-state index in [4.69, 9.17) is 28.0 Å². The molecule has 1 heterocycles. The van der Waals surface area contributed by atoms with Gasteiger partial charge in [0.2, 0.25) is 0 Å². The van der Waals surface area contributed by atoms with Crippen LogP contribution in [-0.2, 0) is 4.84 Å². The minimum absolute atomic E-state index is 0.167. The van der Waals surface area contributed by atoms with Gasteiger partial charge in [-0.15, -0.1) is 11.6 Å². The van der Waals surface area contributed by atoms with E-state index in [9.17, 15) is 4.39 Å². The highest BCUT2D eigenvalue weighted by atomic mass is 35.5. The van der Waals surface area contributed by atoms with Crippen molar-refractivity contribution in [2.45, 2.75) is 12.5 Å². The van der Waals surface area contributed by atoms with Gasteiger partial charge in [0.25, 0.3) is 0 Å². The Bertz CT molecular complexity index is 408. The van der Waals surface area contributed by atoms with E-state index in [-0.39, 0.29) is 11.9 Å². The molecule has 0 aliphatic carbocycles. The summed E-state index contributed by atoms with van der Waals surface area (Å²) in [4.78, 5) is 5.01. The second kappa shape index (κ2) is 4.37. The van der Waals surface area contributed by atoms with Crippen molar-refractivity contribution in [3.63, 3.8) is 0 Å². The van der Waals surface area contributed by atoms with Gasteiger partial charge in [-0.05, 0) is 18.2 Å². The van der Waals surface area contributed by atoms with E-state index in [1.165, 1.54) is 18.2 Å². The van der Waals surface area contributed by atoms with Crippen LogP contribution < -0.4 is 0 Å². The Balaban J connectivity index is 2.27. The number of halogens is 3. The molecule has 1 unspecified atom stereocenters. The molecule has 5 heteroatoms. The molecule has 1 aliphatic heterocycles. The van der Waals surface area contributed by atoms with Crippen LogP contribution in [0.15, 0.2) is 23.4 Å². The standard InChI is InChI=1S/C10H8Cl2FNO/c11-5-7-4-10(14-15-7)8-3-6(12)1-2-9(8)13/h1-3,7H,4-5H2. The first-order valence-corrected chi connectivity index (χ1v) is 5.36. The molecule has 1 aromatic rings. The molecule has 0 aromatic heterocycles. The van der Waals surface area contributed by atoms with Crippen LogP contribution in [0.3, 0.4) is 0 Å². The molecule has 80 valence electrons. The number of alkyl halides is 1. The molecule has 15 heavy (non-hydrogen) atoms. The molecule has 2 nitrogen and oxygen atoms in total. The Kier molecular flexibility index (Phi) is 3.12. The van der Waals surface area contributed by atoms with Crippen molar-refractivity contribution in [3.8, 4) is 0 Å².